The molecule has 2 aromatic carbocycles. The molecule has 0 bridgehead atoms. The number of benzene rings is 2. The van der Waals surface area contributed by atoms with Crippen LogP contribution in [0.25, 0.3) is 11.1 Å². The molecule has 1 aliphatic carbocycles. The summed E-state index contributed by atoms with van der Waals surface area (Å²) < 4.78 is 52.6. The lowest BCUT2D eigenvalue weighted by Crippen LogP contribution is -2.18. The average Bonchev–Trinajstić information content (AvgIpc) is 3.05. The van der Waals surface area contributed by atoms with Gasteiger partial charge in [0.2, 0.25) is 0 Å². The number of esters is 1. The fourth-order valence-electron chi connectivity index (χ4n) is 5.00. The quantitative estimate of drug-likeness (QED) is 0.197. The molecular weight excluding hydrogens is 501 g/mol. The molecule has 1 aliphatic rings. The Kier molecular flexibility index (Phi) is 11.1. The lowest BCUT2D eigenvalue weighted by molar-refractivity contribution is -0.148. The van der Waals surface area contributed by atoms with E-state index < -0.39 is 12.6 Å². The minimum absolute atomic E-state index is 0.0976. The summed E-state index contributed by atoms with van der Waals surface area (Å²) in [7, 11) is 0. The van der Waals surface area contributed by atoms with Crippen molar-refractivity contribution in [2.24, 2.45) is 11.3 Å². The van der Waals surface area contributed by atoms with Crippen LogP contribution in [0.1, 0.15) is 95.8 Å². The molecule has 0 aromatic heterocycles. The summed E-state index contributed by atoms with van der Waals surface area (Å²) in [5.74, 6) is 0.431. The van der Waals surface area contributed by atoms with Crippen LogP contribution in [0.15, 0.2) is 48.5 Å². The molecule has 3 rings (SSSR count). The van der Waals surface area contributed by atoms with Gasteiger partial charge in [-0.1, -0.05) is 70.2 Å². The molecule has 0 saturated carbocycles. The number of allylic oxidation sites excluding steroid dienone is 2. The topological polar surface area (TPSA) is 35.5 Å². The summed E-state index contributed by atoms with van der Waals surface area (Å²) >= 11 is 0. The number of unbranched alkanes of at least 4 members (excludes halogenated alkanes) is 2. The smallest absolute Gasteiger partial charge is 0.393 e. The van der Waals surface area contributed by atoms with Gasteiger partial charge in [0.25, 0.3) is 0 Å². The number of fused-ring (bicyclic) bond motifs is 1. The lowest BCUT2D eigenvalue weighted by atomic mass is 9.87. The SMILES string of the molecule is CC(CCC(C)(C)C)C(=O)OCCCCCOc1cccc2c1CCCC(c1ccccc1)=C2CC(F)(F)F. The second-order valence-electron chi connectivity index (χ2n) is 11.8. The highest BCUT2D eigenvalue weighted by atomic mass is 19.4. The fraction of sp³-hybridized carbons (Fsp3) is 0.545. The number of carbonyl (C=O) groups is 1. The van der Waals surface area contributed by atoms with Gasteiger partial charge in [0, 0.05) is 5.56 Å². The van der Waals surface area contributed by atoms with Crippen molar-refractivity contribution >= 4 is 17.1 Å². The number of ether oxygens (including phenoxy) is 2. The second-order valence-corrected chi connectivity index (χ2v) is 11.8. The van der Waals surface area contributed by atoms with Gasteiger partial charge in [0.1, 0.15) is 5.75 Å². The molecule has 0 saturated heterocycles. The summed E-state index contributed by atoms with van der Waals surface area (Å²) in [6.07, 6.45) is 0.949. The normalized spacial score (nSPS) is 14.9. The summed E-state index contributed by atoms with van der Waals surface area (Å²) in [5, 5.41) is 0. The Morgan fingerprint density at radius 2 is 1.64 bits per heavy atom. The first kappa shape index (κ1) is 30.8. The van der Waals surface area contributed by atoms with Gasteiger partial charge in [-0.25, -0.2) is 0 Å². The van der Waals surface area contributed by atoms with E-state index in [1.54, 1.807) is 12.1 Å². The van der Waals surface area contributed by atoms with Gasteiger partial charge in [0.05, 0.1) is 25.6 Å². The molecule has 1 unspecified atom stereocenters. The third-order valence-corrected chi connectivity index (χ3v) is 7.20. The number of halogens is 3. The zero-order valence-electron chi connectivity index (χ0n) is 23.8. The third kappa shape index (κ3) is 10.1. The van der Waals surface area contributed by atoms with Gasteiger partial charge in [-0.2, -0.15) is 13.2 Å². The monoisotopic (exact) mass is 544 g/mol. The maximum atomic E-state index is 13.7. The predicted molar refractivity (Wildman–Crippen MR) is 151 cm³/mol. The molecule has 1 atom stereocenters. The minimum Gasteiger partial charge on any atom is -0.493 e. The number of rotatable bonds is 12. The highest BCUT2D eigenvalue weighted by Gasteiger charge is 2.33. The summed E-state index contributed by atoms with van der Waals surface area (Å²) in [4.78, 5) is 12.2. The van der Waals surface area contributed by atoms with E-state index in [0.29, 0.717) is 42.9 Å². The van der Waals surface area contributed by atoms with Crippen LogP contribution < -0.4 is 4.74 Å². The van der Waals surface area contributed by atoms with E-state index in [2.05, 4.69) is 20.8 Å². The Morgan fingerprint density at radius 3 is 2.33 bits per heavy atom. The zero-order chi connectivity index (χ0) is 28.5. The molecule has 0 N–H and O–H groups in total. The molecule has 2 aromatic rings. The number of alkyl halides is 3. The van der Waals surface area contributed by atoms with Gasteiger partial charge in [-0.3, -0.25) is 4.79 Å². The molecule has 0 spiro atoms. The lowest BCUT2D eigenvalue weighted by Gasteiger charge is -2.20. The molecule has 0 amide bonds. The van der Waals surface area contributed by atoms with E-state index in [-0.39, 0.29) is 17.3 Å². The van der Waals surface area contributed by atoms with E-state index in [4.69, 9.17) is 9.47 Å². The van der Waals surface area contributed by atoms with Crippen molar-refractivity contribution in [1.82, 2.24) is 0 Å². The molecule has 0 fully saturated rings. The van der Waals surface area contributed by atoms with Crippen LogP contribution in [-0.4, -0.2) is 25.4 Å². The van der Waals surface area contributed by atoms with Crippen molar-refractivity contribution in [2.45, 2.75) is 91.7 Å². The minimum atomic E-state index is -4.30. The molecule has 0 heterocycles. The van der Waals surface area contributed by atoms with Gasteiger partial charge < -0.3 is 9.47 Å². The van der Waals surface area contributed by atoms with Crippen molar-refractivity contribution in [1.29, 1.82) is 0 Å². The van der Waals surface area contributed by atoms with E-state index in [9.17, 15) is 18.0 Å². The first-order valence-electron chi connectivity index (χ1n) is 14.2. The molecule has 39 heavy (non-hydrogen) atoms. The predicted octanol–water partition coefficient (Wildman–Crippen LogP) is 9.44. The summed E-state index contributed by atoms with van der Waals surface area (Å²) in [6, 6.07) is 14.8. The molecule has 0 aliphatic heterocycles. The average molecular weight is 545 g/mol. The van der Waals surface area contributed by atoms with Gasteiger partial charge >= 0.3 is 12.1 Å². The number of hydrogen-bond donors (Lipinski definition) is 0. The summed E-state index contributed by atoms with van der Waals surface area (Å²) in [6.45, 7) is 9.28. The number of hydrogen-bond acceptors (Lipinski definition) is 3. The van der Waals surface area contributed by atoms with Gasteiger partial charge in [-0.05, 0) is 85.1 Å². The van der Waals surface area contributed by atoms with Crippen molar-refractivity contribution in [3.63, 3.8) is 0 Å². The molecule has 214 valence electrons. The van der Waals surface area contributed by atoms with Crippen molar-refractivity contribution in [2.75, 3.05) is 13.2 Å². The molecule has 3 nitrogen and oxygen atoms in total. The van der Waals surface area contributed by atoms with E-state index >= 15 is 0 Å². The van der Waals surface area contributed by atoms with Crippen molar-refractivity contribution < 1.29 is 27.4 Å². The van der Waals surface area contributed by atoms with Crippen LogP contribution in [0.4, 0.5) is 13.2 Å². The maximum Gasteiger partial charge on any atom is 0.393 e. The molecule has 6 heteroatoms. The van der Waals surface area contributed by atoms with Crippen molar-refractivity contribution in [3.05, 3.63) is 65.2 Å². The van der Waals surface area contributed by atoms with E-state index in [1.165, 1.54) is 0 Å². The Balaban J connectivity index is 1.57. The zero-order valence-corrected chi connectivity index (χ0v) is 23.8. The fourth-order valence-corrected chi connectivity index (χ4v) is 5.00. The highest BCUT2D eigenvalue weighted by molar-refractivity contribution is 5.93. The third-order valence-electron chi connectivity index (χ3n) is 7.20. The van der Waals surface area contributed by atoms with Crippen molar-refractivity contribution in [3.8, 4) is 5.75 Å². The van der Waals surface area contributed by atoms with Crippen LogP contribution >= 0.6 is 0 Å². The largest absolute Gasteiger partial charge is 0.493 e. The second kappa shape index (κ2) is 14.0. The Morgan fingerprint density at radius 1 is 0.923 bits per heavy atom. The molecule has 0 radical (unpaired) electrons. The van der Waals surface area contributed by atoms with Crippen LogP contribution in [0.5, 0.6) is 5.75 Å². The summed E-state index contributed by atoms with van der Waals surface area (Å²) in [5.41, 5.74) is 3.68. The van der Waals surface area contributed by atoms with Crippen LogP contribution in [-0.2, 0) is 16.0 Å². The Hall–Kier alpha value is -2.76. The highest BCUT2D eigenvalue weighted by Crippen LogP contribution is 2.43. The Bertz CT molecular complexity index is 1100. The molecular formula is C33H43F3O3. The first-order valence-corrected chi connectivity index (χ1v) is 14.2. The van der Waals surface area contributed by atoms with Crippen LogP contribution in [0.3, 0.4) is 0 Å². The maximum absolute atomic E-state index is 13.7. The van der Waals surface area contributed by atoms with Gasteiger partial charge in [-0.15, -0.1) is 0 Å². The van der Waals surface area contributed by atoms with Crippen LogP contribution in [0, 0.1) is 11.3 Å². The van der Waals surface area contributed by atoms with E-state index in [0.717, 1.165) is 55.2 Å². The number of carbonyl (C=O) groups excluding carboxylic acids is 1. The standard InChI is InChI=1S/C33H43F3O3/c1-24(19-20-32(2,3)4)31(37)39-22-10-6-9-21-38-30-18-12-16-27-28(30)17-11-15-26(25-13-7-5-8-14-25)29(27)23-33(34,35)36/h5,7-8,12-14,16,18,24H,6,9-11,15,17,19-23H2,1-4H3. The van der Waals surface area contributed by atoms with E-state index in [1.807, 2.05) is 43.3 Å². The van der Waals surface area contributed by atoms with Crippen LogP contribution in [0.2, 0.25) is 0 Å². The Labute approximate surface area is 231 Å². The van der Waals surface area contributed by atoms with Gasteiger partial charge in [0.15, 0.2) is 0 Å². The first-order chi connectivity index (χ1) is 18.4.